The molecule has 0 aliphatic rings. The van der Waals surface area contributed by atoms with Gasteiger partial charge in [0.25, 0.3) is 5.69 Å². The van der Waals surface area contributed by atoms with Crippen molar-refractivity contribution in [2.24, 2.45) is 0 Å². The monoisotopic (exact) mass is 322 g/mol. The van der Waals surface area contributed by atoms with Crippen LogP contribution in [0.1, 0.15) is 28.8 Å². The van der Waals surface area contributed by atoms with Crippen LogP contribution in [0.4, 0.5) is 0 Å². The van der Waals surface area contributed by atoms with Crippen molar-refractivity contribution in [3.63, 3.8) is 0 Å². The summed E-state index contributed by atoms with van der Waals surface area (Å²) < 4.78 is 2.13. The van der Waals surface area contributed by atoms with E-state index in [1.165, 1.54) is 11.1 Å². The van der Waals surface area contributed by atoms with E-state index in [4.69, 9.17) is 6.42 Å². The van der Waals surface area contributed by atoms with Crippen LogP contribution in [0, 0.1) is 24.2 Å². The summed E-state index contributed by atoms with van der Waals surface area (Å²) in [6, 6.07) is 24.7. The molecule has 1 aromatic heterocycles. The van der Waals surface area contributed by atoms with Crippen LogP contribution in [0.15, 0.2) is 79.0 Å². The minimum atomic E-state index is 0.763. The summed E-state index contributed by atoms with van der Waals surface area (Å²) in [4.78, 5) is 0. The van der Waals surface area contributed by atoms with Crippen molar-refractivity contribution in [3.8, 4) is 24.2 Å². The fraction of sp³-hybridized carbons (Fsp3) is 0.125. The normalized spacial score (nSPS) is 9.72. The molecule has 2 aromatic carbocycles. The summed E-state index contributed by atoms with van der Waals surface area (Å²) in [5, 5.41) is 0. The number of hydrogen-bond acceptors (Lipinski definition) is 0. The molecule has 1 heterocycles. The quantitative estimate of drug-likeness (QED) is 0.505. The molecule has 0 amide bonds. The zero-order valence-electron chi connectivity index (χ0n) is 14.2. The molecule has 0 aliphatic carbocycles. The van der Waals surface area contributed by atoms with Crippen LogP contribution in [-0.4, -0.2) is 0 Å². The van der Waals surface area contributed by atoms with E-state index in [0.29, 0.717) is 0 Å². The van der Waals surface area contributed by atoms with Gasteiger partial charge in [-0.3, -0.25) is 0 Å². The van der Waals surface area contributed by atoms with Gasteiger partial charge in [0.1, 0.15) is 5.56 Å². The van der Waals surface area contributed by atoms with E-state index in [1.807, 2.05) is 42.6 Å². The summed E-state index contributed by atoms with van der Waals surface area (Å²) in [7, 11) is 0. The lowest BCUT2D eigenvalue weighted by molar-refractivity contribution is -0.690. The van der Waals surface area contributed by atoms with Gasteiger partial charge in [-0.05, 0) is 18.1 Å². The molecule has 3 rings (SSSR count). The first-order valence-electron chi connectivity index (χ1n) is 8.42. The lowest BCUT2D eigenvalue weighted by Crippen LogP contribution is -2.38. The molecule has 0 atom stereocenters. The van der Waals surface area contributed by atoms with Gasteiger partial charge in [-0.1, -0.05) is 72.5 Å². The molecule has 0 spiro atoms. The number of terminal acetylenes is 1. The Balaban J connectivity index is 1.80. The van der Waals surface area contributed by atoms with Gasteiger partial charge < -0.3 is 0 Å². The summed E-state index contributed by atoms with van der Waals surface area (Å²) in [6.07, 6.45) is 9.48. The number of pyridine rings is 1. The molecule has 1 heteroatoms. The Kier molecular flexibility index (Phi) is 5.65. The van der Waals surface area contributed by atoms with Crippen LogP contribution in [0.2, 0.25) is 0 Å². The van der Waals surface area contributed by atoms with E-state index < -0.39 is 0 Å². The maximum Gasteiger partial charge on any atom is 0.272 e. The molecule has 0 unspecified atom stereocenters. The molecule has 0 bridgehead atoms. The third kappa shape index (κ3) is 4.60. The minimum absolute atomic E-state index is 0.763. The third-order valence-electron chi connectivity index (χ3n) is 4.01. The second-order valence-corrected chi connectivity index (χ2v) is 5.82. The summed E-state index contributed by atoms with van der Waals surface area (Å²) in [5.74, 6) is 9.34. The van der Waals surface area contributed by atoms with Crippen LogP contribution < -0.4 is 4.57 Å². The average molecular weight is 322 g/mol. The molecular weight excluding hydrogens is 302 g/mol. The van der Waals surface area contributed by atoms with E-state index in [-0.39, 0.29) is 0 Å². The smallest absolute Gasteiger partial charge is 0.186 e. The first-order chi connectivity index (χ1) is 12.4. The Morgan fingerprint density at radius 2 is 1.48 bits per heavy atom. The van der Waals surface area contributed by atoms with Crippen molar-refractivity contribution in [2.45, 2.75) is 19.4 Å². The highest BCUT2D eigenvalue weighted by atomic mass is 14.9. The van der Waals surface area contributed by atoms with Gasteiger partial charge in [-0.25, -0.2) is 0 Å². The Morgan fingerprint density at radius 3 is 2.16 bits per heavy atom. The van der Waals surface area contributed by atoms with Gasteiger partial charge in [0, 0.05) is 24.0 Å². The number of aromatic nitrogens is 1. The Bertz CT molecular complexity index is 923. The Morgan fingerprint density at radius 1 is 0.800 bits per heavy atom. The minimum Gasteiger partial charge on any atom is -0.186 e. The fourth-order valence-electron chi connectivity index (χ4n) is 2.72. The second-order valence-electron chi connectivity index (χ2n) is 5.82. The second kappa shape index (κ2) is 8.53. The van der Waals surface area contributed by atoms with Gasteiger partial charge >= 0.3 is 0 Å². The van der Waals surface area contributed by atoms with Crippen LogP contribution in [-0.2, 0) is 13.0 Å². The van der Waals surface area contributed by atoms with Crippen molar-refractivity contribution in [2.75, 3.05) is 0 Å². The molecule has 3 aromatic rings. The number of hydrogen-bond donors (Lipinski definition) is 0. The van der Waals surface area contributed by atoms with Gasteiger partial charge in [-0.15, -0.1) is 6.42 Å². The molecule has 1 nitrogen and oxygen atoms in total. The van der Waals surface area contributed by atoms with E-state index in [9.17, 15) is 0 Å². The number of benzene rings is 2. The Hall–Kier alpha value is -3.29. The lowest BCUT2D eigenvalue weighted by Gasteiger charge is -2.02. The molecule has 0 saturated heterocycles. The highest BCUT2D eigenvalue weighted by Gasteiger charge is 2.13. The van der Waals surface area contributed by atoms with Crippen molar-refractivity contribution < 1.29 is 4.57 Å². The SMILES string of the molecule is C#Cc1ccc[n+](Cc2ccccc2)c1C#CCCc1ccccc1. The van der Waals surface area contributed by atoms with Gasteiger partial charge in [0.15, 0.2) is 12.7 Å². The summed E-state index contributed by atoms with van der Waals surface area (Å²) >= 11 is 0. The number of rotatable bonds is 4. The van der Waals surface area contributed by atoms with Crippen LogP contribution in [0.5, 0.6) is 0 Å². The Labute approximate surface area is 150 Å². The average Bonchev–Trinajstić information content (AvgIpc) is 2.67. The van der Waals surface area contributed by atoms with Gasteiger partial charge in [-0.2, -0.15) is 4.57 Å². The largest absolute Gasteiger partial charge is 0.272 e. The van der Waals surface area contributed by atoms with Crippen molar-refractivity contribution in [3.05, 3.63) is 101 Å². The predicted octanol–water partition coefficient (Wildman–Crippen LogP) is 3.99. The standard InChI is InChI=1S/C24H20N/c1-2-23-17-11-19-25(20-22-15-7-4-8-16-22)24(23)18-10-9-14-21-12-5-3-6-13-21/h1,3-8,11-13,15-17,19H,9,14,20H2/q+1. The van der Waals surface area contributed by atoms with Crippen LogP contribution in [0.3, 0.4) is 0 Å². The summed E-state index contributed by atoms with van der Waals surface area (Å²) in [5.41, 5.74) is 4.28. The molecule has 25 heavy (non-hydrogen) atoms. The molecule has 0 N–H and O–H groups in total. The number of aryl methyl sites for hydroxylation is 1. The highest BCUT2D eigenvalue weighted by molar-refractivity contribution is 5.42. The molecule has 0 aliphatic heterocycles. The predicted molar refractivity (Wildman–Crippen MR) is 102 cm³/mol. The maximum absolute atomic E-state index is 5.68. The van der Waals surface area contributed by atoms with E-state index in [2.05, 4.69) is 58.7 Å². The molecule has 120 valence electrons. The van der Waals surface area contributed by atoms with E-state index in [1.54, 1.807) is 0 Å². The zero-order chi connectivity index (χ0) is 17.3. The number of nitrogens with zero attached hydrogens (tertiary/aromatic N) is 1. The molecule has 0 fully saturated rings. The third-order valence-corrected chi connectivity index (χ3v) is 4.01. The first kappa shape index (κ1) is 16.6. The maximum atomic E-state index is 5.68. The lowest BCUT2D eigenvalue weighted by atomic mass is 10.1. The van der Waals surface area contributed by atoms with E-state index in [0.717, 1.165) is 30.6 Å². The highest BCUT2D eigenvalue weighted by Crippen LogP contribution is 2.05. The van der Waals surface area contributed by atoms with Crippen LogP contribution in [0.25, 0.3) is 0 Å². The first-order valence-corrected chi connectivity index (χ1v) is 8.42. The van der Waals surface area contributed by atoms with Gasteiger partial charge in [0.2, 0.25) is 0 Å². The zero-order valence-corrected chi connectivity index (χ0v) is 14.2. The van der Waals surface area contributed by atoms with Crippen molar-refractivity contribution >= 4 is 0 Å². The van der Waals surface area contributed by atoms with Gasteiger partial charge in [0.05, 0.1) is 0 Å². The fourth-order valence-corrected chi connectivity index (χ4v) is 2.72. The van der Waals surface area contributed by atoms with Crippen LogP contribution >= 0.6 is 0 Å². The topological polar surface area (TPSA) is 3.88 Å². The van der Waals surface area contributed by atoms with E-state index >= 15 is 0 Å². The molecule has 0 saturated carbocycles. The molecular formula is C24H20N+. The summed E-state index contributed by atoms with van der Waals surface area (Å²) in [6.45, 7) is 0.763. The van der Waals surface area contributed by atoms with Crippen molar-refractivity contribution in [1.82, 2.24) is 0 Å². The molecule has 0 radical (unpaired) electrons. The van der Waals surface area contributed by atoms with Crippen molar-refractivity contribution in [1.29, 1.82) is 0 Å².